The van der Waals surface area contributed by atoms with Gasteiger partial charge in [0.2, 0.25) is 0 Å². The molecule has 0 amide bonds. The predicted molar refractivity (Wildman–Crippen MR) is 86.1 cm³/mol. The molecule has 0 spiro atoms. The lowest BCUT2D eigenvalue weighted by Crippen LogP contribution is -2.14. The van der Waals surface area contributed by atoms with Crippen LogP contribution in [-0.4, -0.2) is 9.38 Å². The summed E-state index contributed by atoms with van der Waals surface area (Å²) in [5.74, 6) is 0. The molecule has 4 aromatic rings. The summed E-state index contributed by atoms with van der Waals surface area (Å²) in [4.78, 5) is 17.2. The van der Waals surface area contributed by atoms with Crippen molar-refractivity contribution in [1.29, 1.82) is 0 Å². The fourth-order valence-corrected chi connectivity index (χ4v) is 3.49. The Balaban J connectivity index is 1.91. The van der Waals surface area contributed by atoms with Gasteiger partial charge in [-0.25, -0.2) is 0 Å². The highest BCUT2D eigenvalue weighted by Gasteiger charge is 2.09. The molecule has 4 heteroatoms. The number of thiazole rings is 1. The Morgan fingerprint density at radius 1 is 1.00 bits per heavy atom. The number of para-hydroxylation sites is 1. The van der Waals surface area contributed by atoms with Crippen LogP contribution in [0.15, 0.2) is 65.6 Å². The van der Waals surface area contributed by atoms with Crippen molar-refractivity contribution in [2.45, 2.75) is 6.42 Å². The zero-order valence-corrected chi connectivity index (χ0v) is 12.0. The first-order chi connectivity index (χ1) is 10.3. The summed E-state index contributed by atoms with van der Waals surface area (Å²) in [6.07, 6.45) is 2.54. The average Bonchev–Trinajstić information content (AvgIpc) is 2.86. The molecule has 0 unspecified atom stereocenters. The van der Waals surface area contributed by atoms with Crippen molar-refractivity contribution in [3.63, 3.8) is 0 Å². The van der Waals surface area contributed by atoms with E-state index < -0.39 is 0 Å². The van der Waals surface area contributed by atoms with Crippen molar-refractivity contribution in [2.24, 2.45) is 0 Å². The Hall–Kier alpha value is -2.46. The van der Waals surface area contributed by atoms with Crippen molar-refractivity contribution in [3.8, 4) is 0 Å². The Labute approximate surface area is 125 Å². The van der Waals surface area contributed by atoms with Crippen molar-refractivity contribution >= 4 is 26.5 Å². The van der Waals surface area contributed by atoms with Gasteiger partial charge < -0.3 is 0 Å². The quantitative estimate of drug-likeness (QED) is 0.566. The minimum atomic E-state index is -0.134. The van der Waals surface area contributed by atoms with Gasteiger partial charge in [-0.15, -0.1) is 0 Å². The summed E-state index contributed by atoms with van der Waals surface area (Å²) in [5.41, 5.74) is 2.81. The lowest BCUT2D eigenvalue weighted by Gasteiger charge is -2.02. The molecule has 0 N–H and O–H groups in total. The van der Waals surface area contributed by atoms with Crippen LogP contribution in [0.5, 0.6) is 0 Å². The van der Waals surface area contributed by atoms with Crippen LogP contribution in [-0.2, 0) is 6.42 Å². The molecule has 0 aliphatic carbocycles. The molecule has 2 heterocycles. The van der Waals surface area contributed by atoms with Crippen LogP contribution in [0.3, 0.4) is 0 Å². The molecular formula is C17H12N2OS. The van der Waals surface area contributed by atoms with E-state index in [0.29, 0.717) is 6.42 Å². The molecule has 0 saturated heterocycles. The van der Waals surface area contributed by atoms with Gasteiger partial charge in [-0.2, -0.15) is 4.98 Å². The Kier molecular flexibility index (Phi) is 2.82. The van der Waals surface area contributed by atoms with Crippen LogP contribution in [0.1, 0.15) is 11.1 Å². The minimum absolute atomic E-state index is 0.134. The van der Waals surface area contributed by atoms with Gasteiger partial charge in [-0.3, -0.25) is 9.20 Å². The summed E-state index contributed by atoms with van der Waals surface area (Å²) < 4.78 is 3.15. The first-order valence-corrected chi connectivity index (χ1v) is 7.57. The van der Waals surface area contributed by atoms with Gasteiger partial charge in [0.25, 0.3) is 5.56 Å². The monoisotopic (exact) mass is 292 g/mol. The van der Waals surface area contributed by atoms with Crippen LogP contribution in [0.25, 0.3) is 15.2 Å². The summed E-state index contributed by atoms with van der Waals surface area (Å²) >= 11 is 1.54. The standard InChI is InChI=1S/C17H12N2OS/c20-16-13(10-12-6-2-1-3-7-12)11-19-14-8-4-5-9-15(14)21-17(19)18-16/h1-9,11H,10H2. The van der Waals surface area contributed by atoms with Gasteiger partial charge in [-0.1, -0.05) is 53.8 Å². The number of hydrogen-bond donors (Lipinski definition) is 0. The highest BCUT2D eigenvalue weighted by Crippen LogP contribution is 2.24. The molecule has 2 aromatic carbocycles. The Morgan fingerprint density at radius 2 is 1.76 bits per heavy atom. The molecule has 102 valence electrons. The second kappa shape index (κ2) is 4.82. The van der Waals surface area contributed by atoms with E-state index in [1.165, 1.54) is 0 Å². The number of fused-ring (bicyclic) bond motifs is 3. The molecule has 0 aliphatic rings. The van der Waals surface area contributed by atoms with Gasteiger partial charge in [0.15, 0.2) is 4.96 Å². The van der Waals surface area contributed by atoms with E-state index >= 15 is 0 Å². The zero-order valence-electron chi connectivity index (χ0n) is 11.2. The molecule has 0 atom stereocenters. The number of rotatable bonds is 2. The maximum absolute atomic E-state index is 12.2. The third kappa shape index (κ3) is 2.14. The molecular weight excluding hydrogens is 280 g/mol. The lowest BCUT2D eigenvalue weighted by atomic mass is 10.1. The van der Waals surface area contributed by atoms with E-state index in [9.17, 15) is 4.79 Å². The summed E-state index contributed by atoms with van der Waals surface area (Å²) in [5, 5.41) is 0. The molecule has 4 rings (SSSR count). The highest BCUT2D eigenvalue weighted by atomic mass is 32.1. The fourth-order valence-electron chi connectivity index (χ4n) is 2.50. The molecule has 21 heavy (non-hydrogen) atoms. The second-order valence-corrected chi connectivity index (χ2v) is 5.97. The third-order valence-corrected chi connectivity index (χ3v) is 4.56. The van der Waals surface area contributed by atoms with Crippen LogP contribution < -0.4 is 5.56 Å². The van der Waals surface area contributed by atoms with Crippen molar-refractivity contribution in [1.82, 2.24) is 9.38 Å². The van der Waals surface area contributed by atoms with Gasteiger partial charge in [0, 0.05) is 18.2 Å². The fraction of sp³-hybridized carbons (Fsp3) is 0.0588. The minimum Gasteiger partial charge on any atom is -0.291 e. The van der Waals surface area contributed by atoms with Gasteiger partial charge in [0.1, 0.15) is 0 Å². The first-order valence-electron chi connectivity index (χ1n) is 6.75. The number of nitrogens with zero attached hydrogens (tertiary/aromatic N) is 2. The molecule has 0 saturated carbocycles. The molecule has 0 fully saturated rings. The second-order valence-electron chi connectivity index (χ2n) is 4.96. The first kappa shape index (κ1) is 12.3. The van der Waals surface area contributed by atoms with Gasteiger partial charge in [-0.05, 0) is 17.7 Å². The van der Waals surface area contributed by atoms with E-state index in [2.05, 4.69) is 17.1 Å². The van der Waals surface area contributed by atoms with Crippen molar-refractivity contribution in [3.05, 3.63) is 82.3 Å². The Bertz CT molecular complexity index is 986. The number of hydrogen-bond acceptors (Lipinski definition) is 3. The Morgan fingerprint density at radius 3 is 2.62 bits per heavy atom. The van der Waals surface area contributed by atoms with E-state index in [4.69, 9.17) is 0 Å². The topological polar surface area (TPSA) is 34.4 Å². The summed E-state index contributed by atoms with van der Waals surface area (Å²) in [6, 6.07) is 18.1. The molecule has 0 radical (unpaired) electrons. The van der Waals surface area contributed by atoms with E-state index in [1.54, 1.807) is 11.3 Å². The predicted octanol–water partition coefficient (Wildman–Crippen LogP) is 3.50. The van der Waals surface area contributed by atoms with Crippen LogP contribution in [0, 0.1) is 0 Å². The average molecular weight is 292 g/mol. The van der Waals surface area contributed by atoms with Gasteiger partial charge >= 0.3 is 0 Å². The molecule has 2 aromatic heterocycles. The molecule has 3 nitrogen and oxygen atoms in total. The maximum atomic E-state index is 12.2. The third-order valence-electron chi connectivity index (χ3n) is 3.53. The van der Waals surface area contributed by atoms with E-state index in [0.717, 1.165) is 26.3 Å². The maximum Gasteiger partial charge on any atom is 0.277 e. The van der Waals surface area contributed by atoms with Crippen molar-refractivity contribution < 1.29 is 0 Å². The largest absolute Gasteiger partial charge is 0.291 e. The van der Waals surface area contributed by atoms with Crippen LogP contribution in [0.2, 0.25) is 0 Å². The van der Waals surface area contributed by atoms with E-state index in [-0.39, 0.29) is 5.56 Å². The van der Waals surface area contributed by atoms with Crippen LogP contribution in [0.4, 0.5) is 0 Å². The molecule has 0 bridgehead atoms. The van der Waals surface area contributed by atoms with Gasteiger partial charge in [0.05, 0.1) is 10.2 Å². The number of benzene rings is 2. The summed E-state index contributed by atoms with van der Waals surface area (Å²) in [6.45, 7) is 0. The zero-order chi connectivity index (χ0) is 14.2. The number of aromatic nitrogens is 2. The normalized spacial score (nSPS) is 11.2. The SMILES string of the molecule is O=c1nc2sc3ccccc3n2cc1Cc1ccccc1. The van der Waals surface area contributed by atoms with Crippen LogP contribution >= 0.6 is 11.3 Å². The highest BCUT2D eigenvalue weighted by molar-refractivity contribution is 7.23. The molecule has 0 aliphatic heterocycles. The van der Waals surface area contributed by atoms with Crippen molar-refractivity contribution in [2.75, 3.05) is 0 Å². The smallest absolute Gasteiger partial charge is 0.277 e. The summed E-state index contributed by atoms with van der Waals surface area (Å²) in [7, 11) is 0. The van der Waals surface area contributed by atoms with E-state index in [1.807, 2.05) is 53.1 Å². The lowest BCUT2D eigenvalue weighted by molar-refractivity contribution is 1.04.